The first-order valence-electron chi connectivity index (χ1n) is 16.0. The number of carbonyl (C=O) groups excluding carboxylic acids is 2. The van der Waals surface area contributed by atoms with Crippen LogP contribution in [0.5, 0.6) is 0 Å². The van der Waals surface area contributed by atoms with Crippen LogP contribution in [0, 0.1) is 6.92 Å². The van der Waals surface area contributed by atoms with Gasteiger partial charge >= 0.3 is 0 Å². The molecule has 7 nitrogen and oxygen atoms in total. The Morgan fingerprint density at radius 1 is 0.851 bits per heavy atom. The number of halogens is 1. The van der Waals surface area contributed by atoms with E-state index in [2.05, 4.69) is 19.2 Å². The molecule has 248 valence electrons. The Morgan fingerprint density at radius 3 is 2.11 bits per heavy atom. The molecule has 0 spiro atoms. The zero-order valence-corrected chi connectivity index (χ0v) is 29.1. The number of benzene rings is 4. The lowest BCUT2D eigenvalue weighted by Gasteiger charge is -2.34. The molecule has 0 aliphatic heterocycles. The Kier molecular flexibility index (Phi) is 12.6. The van der Waals surface area contributed by atoms with E-state index in [0.717, 1.165) is 33.8 Å². The minimum Gasteiger partial charge on any atom is -0.354 e. The number of hydrogen-bond donors (Lipinski definition) is 1. The first kappa shape index (κ1) is 35.7. The summed E-state index contributed by atoms with van der Waals surface area (Å²) in [6.07, 6.45) is 1.92. The fraction of sp³-hybridized carbons (Fsp3) is 0.316. The summed E-state index contributed by atoms with van der Waals surface area (Å²) in [6.45, 7) is 8.00. The standard InChI is InChI=1S/C38H44ClN3O4S/c1-5-6-24-40-38(44)36(25-30-12-8-7-9-13-30)41(26-32-14-10-11-15-35(32)39)37(43)27-42(33-20-18-31(19-21-33)28(2)3)47(45,46)34-22-16-29(4)17-23-34/h7-23,28,36H,5-6,24-27H2,1-4H3,(H,40,44). The fourth-order valence-electron chi connectivity index (χ4n) is 5.26. The molecule has 1 unspecified atom stereocenters. The van der Waals surface area contributed by atoms with Crippen molar-refractivity contribution in [2.24, 2.45) is 0 Å². The lowest BCUT2D eigenvalue weighted by atomic mass is 10.0. The molecular weight excluding hydrogens is 630 g/mol. The van der Waals surface area contributed by atoms with E-state index in [1.165, 1.54) is 4.90 Å². The molecule has 0 saturated heterocycles. The largest absolute Gasteiger partial charge is 0.354 e. The Morgan fingerprint density at radius 2 is 1.49 bits per heavy atom. The van der Waals surface area contributed by atoms with Crippen LogP contribution in [0.4, 0.5) is 5.69 Å². The van der Waals surface area contributed by atoms with Gasteiger partial charge in [0, 0.05) is 24.5 Å². The van der Waals surface area contributed by atoms with Gasteiger partial charge in [0.15, 0.2) is 0 Å². The van der Waals surface area contributed by atoms with Crippen molar-refractivity contribution >= 4 is 39.1 Å². The molecule has 4 aromatic rings. The first-order chi connectivity index (χ1) is 22.5. The second-order valence-corrected chi connectivity index (χ2v) is 14.3. The van der Waals surface area contributed by atoms with Crippen molar-refractivity contribution in [3.8, 4) is 0 Å². The van der Waals surface area contributed by atoms with E-state index in [0.29, 0.717) is 22.8 Å². The minimum absolute atomic E-state index is 0.0158. The number of anilines is 1. The van der Waals surface area contributed by atoms with Gasteiger partial charge in [-0.2, -0.15) is 0 Å². The normalized spacial score (nSPS) is 12.0. The van der Waals surface area contributed by atoms with Crippen LogP contribution < -0.4 is 9.62 Å². The zero-order chi connectivity index (χ0) is 34.0. The van der Waals surface area contributed by atoms with Crippen LogP contribution in [0.1, 0.15) is 61.8 Å². The van der Waals surface area contributed by atoms with Crippen molar-refractivity contribution in [1.29, 1.82) is 0 Å². The highest BCUT2D eigenvalue weighted by molar-refractivity contribution is 7.92. The fourth-order valence-corrected chi connectivity index (χ4v) is 6.87. The van der Waals surface area contributed by atoms with Crippen LogP contribution in [0.3, 0.4) is 0 Å². The van der Waals surface area contributed by atoms with Crippen molar-refractivity contribution < 1.29 is 18.0 Å². The molecule has 0 radical (unpaired) electrons. The summed E-state index contributed by atoms with van der Waals surface area (Å²) < 4.78 is 29.7. The van der Waals surface area contributed by atoms with Crippen LogP contribution in [-0.2, 0) is 32.6 Å². The predicted molar refractivity (Wildman–Crippen MR) is 190 cm³/mol. The molecule has 0 heterocycles. The van der Waals surface area contributed by atoms with Gasteiger partial charge in [-0.05, 0) is 66.3 Å². The van der Waals surface area contributed by atoms with Crippen molar-refractivity contribution in [3.05, 3.63) is 130 Å². The third kappa shape index (κ3) is 9.46. The van der Waals surface area contributed by atoms with Gasteiger partial charge in [-0.1, -0.05) is 117 Å². The van der Waals surface area contributed by atoms with E-state index in [1.54, 1.807) is 48.5 Å². The highest BCUT2D eigenvalue weighted by Gasteiger charge is 2.35. The quantitative estimate of drug-likeness (QED) is 0.132. The van der Waals surface area contributed by atoms with Gasteiger partial charge in [-0.3, -0.25) is 13.9 Å². The average molecular weight is 674 g/mol. The Balaban J connectivity index is 1.80. The maximum atomic E-state index is 14.6. The molecule has 2 amide bonds. The zero-order valence-electron chi connectivity index (χ0n) is 27.5. The van der Waals surface area contributed by atoms with Crippen molar-refractivity contribution in [2.45, 2.75) is 70.4 Å². The lowest BCUT2D eigenvalue weighted by Crippen LogP contribution is -2.53. The van der Waals surface area contributed by atoms with Gasteiger partial charge in [0.1, 0.15) is 12.6 Å². The topological polar surface area (TPSA) is 86.8 Å². The SMILES string of the molecule is CCCCNC(=O)C(Cc1ccccc1)N(Cc1ccccc1Cl)C(=O)CN(c1ccc(C(C)C)cc1)S(=O)(=O)c1ccc(C)cc1. The number of amides is 2. The van der Waals surface area contributed by atoms with Gasteiger partial charge in [-0.25, -0.2) is 8.42 Å². The molecule has 0 bridgehead atoms. The molecule has 47 heavy (non-hydrogen) atoms. The summed E-state index contributed by atoms with van der Waals surface area (Å²) in [4.78, 5) is 30.0. The summed E-state index contributed by atoms with van der Waals surface area (Å²) in [5, 5.41) is 3.45. The monoisotopic (exact) mass is 673 g/mol. The van der Waals surface area contributed by atoms with E-state index in [9.17, 15) is 18.0 Å². The molecule has 0 aromatic heterocycles. The Labute approximate surface area is 284 Å². The van der Waals surface area contributed by atoms with Gasteiger partial charge in [0.2, 0.25) is 11.8 Å². The third-order valence-corrected chi connectivity index (χ3v) is 10.3. The van der Waals surface area contributed by atoms with Gasteiger partial charge < -0.3 is 10.2 Å². The minimum atomic E-state index is -4.18. The van der Waals surface area contributed by atoms with Crippen molar-refractivity contribution in [2.75, 3.05) is 17.4 Å². The van der Waals surface area contributed by atoms with Gasteiger partial charge in [0.05, 0.1) is 10.6 Å². The van der Waals surface area contributed by atoms with Crippen LogP contribution in [0.25, 0.3) is 0 Å². The van der Waals surface area contributed by atoms with Crippen molar-refractivity contribution in [3.63, 3.8) is 0 Å². The maximum Gasteiger partial charge on any atom is 0.264 e. The van der Waals surface area contributed by atoms with Crippen LogP contribution in [-0.4, -0.2) is 44.3 Å². The van der Waals surface area contributed by atoms with Crippen LogP contribution in [0.15, 0.2) is 108 Å². The molecule has 0 fully saturated rings. The second kappa shape index (κ2) is 16.6. The number of carbonyl (C=O) groups is 2. The van der Waals surface area contributed by atoms with Crippen LogP contribution in [0.2, 0.25) is 5.02 Å². The summed E-state index contributed by atoms with van der Waals surface area (Å²) >= 11 is 6.58. The number of aryl methyl sites for hydroxylation is 1. The average Bonchev–Trinajstić information content (AvgIpc) is 3.06. The third-order valence-electron chi connectivity index (χ3n) is 8.13. The number of hydrogen-bond acceptors (Lipinski definition) is 4. The van der Waals surface area contributed by atoms with Crippen molar-refractivity contribution in [1.82, 2.24) is 10.2 Å². The summed E-state index contributed by atoms with van der Waals surface area (Å²) in [6, 6.07) is 29.5. The number of sulfonamides is 1. The second-order valence-electron chi connectivity index (χ2n) is 12.0. The number of nitrogens with one attached hydrogen (secondary N) is 1. The van der Waals surface area contributed by atoms with E-state index in [4.69, 9.17) is 11.6 Å². The highest BCUT2D eigenvalue weighted by Crippen LogP contribution is 2.28. The maximum absolute atomic E-state index is 14.6. The smallest absolute Gasteiger partial charge is 0.264 e. The molecule has 1 N–H and O–H groups in total. The molecule has 0 saturated carbocycles. The molecule has 1 atom stereocenters. The highest BCUT2D eigenvalue weighted by atomic mass is 35.5. The van der Waals surface area contributed by atoms with E-state index in [-0.39, 0.29) is 29.7 Å². The predicted octanol–water partition coefficient (Wildman–Crippen LogP) is 7.52. The van der Waals surface area contributed by atoms with E-state index in [1.807, 2.05) is 68.4 Å². The summed E-state index contributed by atoms with van der Waals surface area (Å²) in [5.41, 5.74) is 3.83. The van der Waals surface area contributed by atoms with Gasteiger partial charge in [-0.15, -0.1) is 0 Å². The lowest BCUT2D eigenvalue weighted by molar-refractivity contribution is -0.140. The number of unbranched alkanes of at least 4 members (excludes halogenated alkanes) is 1. The number of rotatable bonds is 15. The number of nitrogens with zero attached hydrogens (tertiary/aromatic N) is 2. The molecule has 4 aromatic carbocycles. The molecule has 0 aliphatic rings. The molecule has 9 heteroatoms. The summed E-state index contributed by atoms with van der Waals surface area (Å²) in [7, 11) is -4.18. The van der Waals surface area contributed by atoms with E-state index >= 15 is 0 Å². The molecule has 0 aliphatic carbocycles. The first-order valence-corrected chi connectivity index (χ1v) is 17.9. The van der Waals surface area contributed by atoms with Gasteiger partial charge in [0.25, 0.3) is 10.0 Å². The molecule has 4 rings (SSSR count). The Bertz CT molecular complexity index is 1730. The summed E-state index contributed by atoms with van der Waals surface area (Å²) in [5.74, 6) is -0.596. The van der Waals surface area contributed by atoms with Crippen LogP contribution >= 0.6 is 11.6 Å². The van der Waals surface area contributed by atoms with E-state index < -0.39 is 28.5 Å². The molecular formula is C38H44ClN3O4S. The Hall–Kier alpha value is -4.14.